The Hall–Kier alpha value is -3.54. The van der Waals surface area contributed by atoms with Gasteiger partial charge in [0.25, 0.3) is 0 Å². The molecule has 2 aromatic rings. The number of nitrogens with one attached hydrogen (secondary N) is 1. The van der Waals surface area contributed by atoms with Gasteiger partial charge in [0.15, 0.2) is 5.78 Å². The summed E-state index contributed by atoms with van der Waals surface area (Å²) in [6, 6.07) is 14.4. The number of phenolic OH excluding ortho intramolecular Hbond substituents is 1. The van der Waals surface area contributed by atoms with E-state index in [1.807, 2.05) is 37.3 Å². The first-order valence-corrected chi connectivity index (χ1v) is 10.2. The number of hydrogen-bond acceptors (Lipinski definition) is 6. The summed E-state index contributed by atoms with van der Waals surface area (Å²) in [6.45, 7) is 1.81. The van der Waals surface area contributed by atoms with E-state index in [4.69, 9.17) is 9.47 Å². The van der Waals surface area contributed by atoms with Crippen molar-refractivity contribution in [1.29, 1.82) is 0 Å². The van der Waals surface area contributed by atoms with Gasteiger partial charge in [0, 0.05) is 35.2 Å². The van der Waals surface area contributed by atoms with Crippen LogP contribution in [0.2, 0.25) is 0 Å². The Morgan fingerprint density at radius 2 is 1.87 bits per heavy atom. The van der Waals surface area contributed by atoms with Gasteiger partial charge in [-0.3, -0.25) is 4.79 Å². The molecule has 0 radical (unpaired) electrons. The normalized spacial score (nSPS) is 20.8. The Morgan fingerprint density at radius 1 is 1.10 bits per heavy atom. The summed E-state index contributed by atoms with van der Waals surface area (Å²) >= 11 is 0. The number of esters is 1. The van der Waals surface area contributed by atoms with Crippen LogP contribution in [0.1, 0.15) is 42.7 Å². The summed E-state index contributed by atoms with van der Waals surface area (Å²) in [5, 5.41) is 13.3. The predicted molar refractivity (Wildman–Crippen MR) is 116 cm³/mol. The zero-order valence-corrected chi connectivity index (χ0v) is 17.8. The number of dihydropyridines is 1. The fourth-order valence-corrected chi connectivity index (χ4v) is 4.68. The Balaban J connectivity index is 1.82. The van der Waals surface area contributed by atoms with E-state index < -0.39 is 11.9 Å². The zero-order chi connectivity index (χ0) is 22.1. The lowest BCUT2D eigenvalue weighted by Gasteiger charge is -2.36. The molecule has 0 saturated carbocycles. The number of ketones is 1. The third-order valence-corrected chi connectivity index (χ3v) is 6.02. The number of carbonyl (C=O) groups excluding carboxylic acids is 2. The van der Waals surface area contributed by atoms with Gasteiger partial charge in [-0.2, -0.15) is 0 Å². The second-order valence-electron chi connectivity index (χ2n) is 7.85. The Labute approximate surface area is 181 Å². The van der Waals surface area contributed by atoms with E-state index in [1.165, 1.54) is 7.11 Å². The van der Waals surface area contributed by atoms with E-state index in [-0.39, 0.29) is 17.5 Å². The maximum absolute atomic E-state index is 13.5. The lowest BCUT2D eigenvalue weighted by atomic mass is 9.71. The Bertz CT molecular complexity index is 1110. The largest absolute Gasteiger partial charge is 0.508 e. The summed E-state index contributed by atoms with van der Waals surface area (Å²) in [4.78, 5) is 26.1. The van der Waals surface area contributed by atoms with Crippen molar-refractivity contribution in [2.45, 2.75) is 31.6 Å². The summed E-state index contributed by atoms with van der Waals surface area (Å²) in [7, 11) is 2.95. The van der Waals surface area contributed by atoms with Crippen molar-refractivity contribution >= 4 is 11.8 Å². The highest BCUT2D eigenvalue weighted by Gasteiger charge is 2.41. The van der Waals surface area contributed by atoms with Crippen LogP contribution < -0.4 is 10.1 Å². The van der Waals surface area contributed by atoms with Crippen LogP contribution in [-0.2, 0) is 14.3 Å². The number of para-hydroxylation sites is 1. The second kappa shape index (κ2) is 8.30. The minimum atomic E-state index is -0.595. The molecular weight excluding hydrogens is 394 g/mol. The molecule has 2 atom stereocenters. The zero-order valence-electron chi connectivity index (χ0n) is 17.8. The maximum atomic E-state index is 13.5. The highest BCUT2D eigenvalue weighted by Crippen LogP contribution is 2.47. The number of hydrogen-bond donors (Lipinski definition) is 2. The minimum Gasteiger partial charge on any atom is -0.508 e. The molecule has 1 aliphatic heterocycles. The number of phenols is 1. The molecule has 0 saturated heterocycles. The molecule has 2 N–H and O–H groups in total. The highest BCUT2D eigenvalue weighted by atomic mass is 16.5. The first-order valence-electron chi connectivity index (χ1n) is 10.2. The number of methoxy groups -OCH3 is 2. The molecule has 0 spiro atoms. The Kier molecular flexibility index (Phi) is 5.55. The summed E-state index contributed by atoms with van der Waals surface area (Å²) < 4.78 is 10.5. The third-order valence-electron chi connectivity index (χ3n) is 6.02. The molecule has 0 amide bonds. The number of aromatic hydroxyl groups is 1. The van der Waals surface area contributed by atoms with E-state index >= 15 is 0 Å². The average molecular weight is 419 g/mol. The molecule has 2 aromatic carbocycles. The lowest BCUT2D eigenvalue weighted by Crippen LogP contribution is -2.36. The van der Waals surface area contributed by atoms with E-state index in [2.05, 4.69) is 5.32 Å². The molecule has 0 fully saturated rings. The predicted octanol–water partition coefficient (Wildman–Crippen LogP) is 3.94. The number of benzene rings is 2. The van der Waals surface area contributed by atoms with E-state index in [0.29, 0.717) is 35.2 Å². The molecule has 6 heteroatoms. The molecule has 4 rings (SSSR count). The van der Waals surface area contributed by atoms with Crippen molar-refractivity contribution in [1.82, 2.24) is 5.32 Å². The van der Waals surface area contributed by atoms with Gasteiger partial charge in [-0.1, -0.05) is 30.3 Å². The van der Waals surface area contributed by atoms with Crippen molar-refractivity contribution in [2.24, 2.45) is 0 Å². The van der Waals surface area contributed by atoms with Gasteiger partial charge in [-0.25, -0.2) is 4.79 Å². The second-order valence-corrected chi connectivity index (χ2v) is 7.85. The van der Waals surface area contributed by atoms with Crippen molar-refractivity contribution in [3.8, 4) is 11.5 Å². The third kappa shape index (κ3) is 3.69. The fourth-order valence-electron chi connectivity index (χ4n) is 4.68. The van der Waals surface area contributed by atoms with Gasteiger partial charge < -0.3 is 19.9 Å². The molecule has 6 nitrogen and oxygen atoms in total. The first-order chi connectivity index (χ1) is 14.9. The van der Waals surface area contributed by atoms with Gasteiger partial charge >= 0.3 is 5.97 Å². The van der Waals surface area contributed by atoms with Crippen LogP contribution >= 0.6 is 0 Å². The van der Waals surface area contributed by atoms with Crippen molar-refractivity contribution in [3.63, 3.8) is 0 Å². The highest BCUT2D eigenvalue weighted by molar-refractivity contribution is 6.04. The number of allylic oxidation sites excluding steroid dienone is 3. The van der Waals surface area contributed by atoms with E-state index in [1.54, 1.807) is 25.3 Å². The summed E-state index contributed by atoms with van der Waals surface area (Å²) in [5.41, 5.74) is 4.05. The maximum Gasteiger partial charge on any atom is 0.336 e. The SMILES string of the molecule is COC(=O)C1=C(C)NC2=C(C(=O)C[C@H](c3ccccc3OC)C2)[C@@H]1c1cccc(O)c1. The van der Waals surface area contributed by atoms with Crippen LogP contribution in [0, 0.1) is 0 Å². The van der Waals surface area contributed by atoms with Crippen LogP contribution in [0.5, 0.6) is 11.5 Å². The first kappa shape index (κ1) is 20.7. The molecule has 0 bridgehead atoms. The molecule has 1 aliphatic carbocycles. The van der Waals surface area contributed by atoms with Crippen molar-refractivity contribution in [3.05, 3.63) is 82.2 Å². The quantitative estimate of drug-likeness (QED) is 0.731. The topological polar surface area (TPSA) is 84.9 Å². The molecule has 2 aliphatic rings. The monoisotopic (exact) mass is 419 g/mol. The molecule has 0 unspecified atom stereocenters. The van der Waals surface area contributed by atoms with Gasteiger partial charge in [0.2, 0.25) is 0 Å². The van der Waals surface area contributed by atoms with Gasteiger partial charge in [-0.15, -0.1) is 0 Å². The molecule has 0 aromatic heterocycles. The van der Waals surface area contributed by atoms with Gasteiger partial charge in [0.05, 0.1) is 19.8 Å². The van der Waals surface area contributed by atoms with Crippen LogP contribution in [0.15, 0.2) is 71.1 Å². The standard InChI is InChI=1S/C25H25NO5/c1-14-22(25(29)31-3)23(15-7-6-8-17(27)11-15)24-19(26-14)12-16(13-20(24)28)18-9-4-5-10-21(18)30-2/h4-11,16,23,26-27H,12-13H2,1-3H3/t16-,23-/m1/s1. The minimum absolute atomic E-state index is 0.0350. The number of ether oxygens (including phenoxy) is 2. The Morgan fingerprint density at radius 3 is 2.58 bits per heavy atom. The summed E-state index contributed by atoms with van der Waals surface area (Å²) in [5.74, 6) is -0.326. The number of Topliss-reactive ketones (excluding diaryl/α,β-unsaturated/α-hetero) is 1. The molecule has 1 heterocycles. The van der Waals surface area contributed by atoms with Crippen LogP contribution in [0.25, 0.3) is 0 Å². The average Bonchev–Trinajstić information content (AvgIpc) is 2.77. The van der Waals surface area contributed by atoms with E-state index in [0.717, 1.165) is 17.0 Å². The fraction of sp³-hybridized carbons (Fsp3) is 0.280. The smallest absolute Gasteiger partial charge is 0.336 e. The van der Waals surface area contributed by atoms with Crippen LogP contribution in [-0.4, -0.2) is 31.1 Å². The van der Waals surface area contributed by atoms with Crippen molar-refractivity contribution < 1.29 is 24.2 Å². The van der Waals surface area contributed by atoms with Gasteiger partial charge in [-0.05, 0) is 42.7 Å². The number of carbonyl (C=O) groups is 2. The van der Waals surface area contributed by atoms with Crippen LogP contribution in [0.3, 0.4) is 0 Å². The molecular formula is C25H25NO5. The molecule has 31 heavy (non-hydrogen) atoms. The molecule has 160 valence electrons. The van der Waals surface area contributed by atoms with Crippen molar-refractivity contribution in [2.75, 3.05) is 14.2 Å². The van der Waals surface area contributed by atoms with E-state index in [9.17, 15) is 14.7 Å². The number of rotatable bonds is 4. The lowest BCUT2D eigenvalue weighted by molar-refractivity contribution is -0.136. The van der Waals surface area contributed by atoms with Crippen LogP contribution in [0.4, 0.5) is 0 Å². The van der Waals surface area contributed by atoms with Gasteiger partial charge in [0.1, 0.15) is 11.5 Å². The summed E-state index contributed by atoms with van der Waals surface area (Å²) in [6.07, 6.45) is 0.923.